The third-order valence-corrected chi connectivity index (χ3v) is 2.44. The quantitative estimate of drug-likeness (QED) is 0.584. The molecule has 1 spiro atoms. The fourth-order valence-corrected chi connectivity index (χ4v) is 1.47. The zero-order valence-corrected chi connectivity index (χ0v) is 5.67. The van der Waals surface area contributed by atoms with Crippen LogP contribution in [0.15, 0.2) is 0 Å². The molecule has 2 rings (SSSR count). The Morgan fingerprint density at radius 1 is 1.60 bits per heavy atom. The molecule has 0 amide bonds. The zero-order chi connectivity index (χ0) is 7.19. The van der Waals surface area contributed by atoms with Crippen molar-refractivity contribution in [2.75, 3.05) is 6.61 Å². The maximum absolute atomic E-state index is 10.4. The average Bonchev–Trinajstić information content (AvgIpc) is 2.41. The Bertz CT molecular complexity index is 172. The second kappa shape index (κ2) is 1.72. The van der Waals surface area contributed by atoms with Gasteiger partial charge in [-0.25, -0.2) is 4.79 Å². The van der Waals surface area contributed by atoms with Gasteiger partial charge in [0.15, 0.2) is 6.10 Å². The van der Waals surface area contributed by atoms with Gasteiger partial charge in [0.25, 0.3) is 0 Å². The lowest BCUT2D eigenvalue weighted by atomic mass is 10.0. The largest absolute Gasteiger partial charge is 0.479 e. The van der Waals surface area contributed by atoms with Crippen LogP contribution in [-0.2, 0) is 9.53 Å². The van der Waals surface area contributed by atoms with Gasteiger partial charge in [-0.05, 0) is 24.7 Å². The molecule has 0 unspecified atom stereocenters. The second-order valence-electron chi connectivity index (χ2n) is 3.34. The molecule has 56 valence electrons. The zero-order valence-electron chi connectivity index (χ0n) is 5.67. The summed E-state index contributed by atoms with van der Waals surface area (Å²) in [5.41, 5.74) is 0.295. The summed E-state index contributed by atoms with van der Waals surface area (Å²) >= 11 is 0. The number of carboxylic acids is 1. The van der Waals surface area contributed by atoms with E-state index in [0.29, 0.717) is 12.0 Å². The van der Waals surface area contributed by atoms with Crippen molar-refractivity contribution in [3.63, 3.8) is 0 Å². The van der Waals surface area contributed by atoms with Crippen molar-refractivity contribution in [2.24, 2.45) is 5.41 Å². The van der Waals surface area contributed by atoms with E-state index >= 15 is 0 Å². The van der Waals surface area contributed by atoms with Crippen molar-refractivity contribution < 1.29 is 14.6 Å². The van der Waals surface area contributed by atoms with Crippen LogP contribution in [0.1, 0.15) is 19.3 Å². The molecule has 0 bridgehead atoms. The fourth-order valence-electron chi connectivity index (χ4n) is 1.47. The summed E-state index contributed by atoms with van der Waals surface area (Å²) in [6.45, 7) is 0.671. The molecule has 1 N–H and O–H groups in total. The summed E-state index contributed by atoms with van der Waals surface area (Å²) in [5.74, 6) is -0.802. The highest BCUT2D eigenvalue weighted by atomic mass is 16.5. The Morgan fingerprint density at radius 3 is 2.60 bits per heavy atom. The lowest BCUT2D eigenvalue weighted by Gasteiger charge is -2.00. The molecule has 1 aliphatic carbocycles. The summed E-state index contributed by atoms with van der Waals surface area (Å²) in [7, 11) is 0. The van der Waals surface area contributed by atoms with Crippen molar-refractivity contribution in [3.05, 3.63) is 0 Å². The highest BCUT2D eigenvalue weighted by molar-refractivity contribution is 5.72. The Labute approximate surface area is 59.0 Å². The SMILES string of the molecule is O=C(O)[C@@H]1CC2(CC2)CO1. The van der Waals surface area contributed by atoms with E-state index in [4.69, 9.17) is 9.84 Å². The number of ether oxygens (including phenoxy) is 1. The van der Waals surface area contributed by atoms with Crippen LogP contribution >= 0.6 is 0 Å². The predicted octanol–water partition coefficient (Wildman–Crippen LogP) is 0.640. The Hall–Kier alpha value is -0.570. The minimum absolute atomic E-state index is 0.295. The molecule has 1 saturated carbocycles. The molecule has 0 aromatic rings. The first-order valence-electron chi connectivity index (χ1n) is 3.56. The third kappa shape index (κ3) is 0.814. The molecule has 1 heterocycles. The van der Waals surface area contributed by atoms with Crippen molar-refractivity contribution >= 4 is 5.97 Å². The first-order chi connectivity index (χ1) is 4.72. The lowest BCUT2D eigenvalue weighted by Crippen LogP contribution is -2.18. The summed E-state index contributed by atoms with van der Waals surface area (Å²) < 4.78 is 5.09. The van der Waals surface area contributed by atoms with Crippen LogP contribution in [0.3, 0.4) is 0 Å². The minimum Gasteiger partial charge on any atom is -0.479 e. The number of aliphatic carboxylic acids is 1. The molecule has 3 nitrogen and oxygen atoms in total. The van der Waals surface area contributed by atoms with E-state index < -0.39 is 12.1 Å². The number of hydrogen-bond donors (Lipinski definition) is 1. The van der Waals surface area contributed by atoms with Crippen LogP contribution in [0.25, 0.3) is 0 Å². The van der Waals surface area contributed by atoms with Gasteiger partial charge in [-0.3, -0.25) is 0 Å². The molecule has 2 fully saturated rings. The van der Waals surface area contributed by atoms with E-state index in [-0.39, 0.29) is 0 Å². The van der Waals surface area contributed by atoms with Crippen molar-refractivity contribution in [1.29, 1.82) is 0 Å². The highest BCUT2D eigenvalue weighted by Crippen LogP contribution is 2.53. The van der Waals surface area contributed by atoms with Crippen LogP contribution in [-0.4, -0.2) is 23.8 Å². The molecule has 0 aromatic heterocycles. The van der Waals surface area contributed by atoms with Gasteiger partial charge < -0.3 is 9.84 Å². The van der Waals surface area contributed by atoms with Gasteiger partial charge in [0, 0.05) is 0 Å². The van der Waals surface area contributed by atoms with E-state index in [0.717, 1.165) is 19.3 Å². The normalized spacial score (nSPS) is 34.6. The Balaban J connectivity index is 1.99. The van der Waals surface area contributed by atoms with Gasteiger partial charge in [-0.2, -0.15) is 0 Å². The van der Waals surface area contributed by atoms with Crippen LogP contribution in [0.4, 0.5) is 0 Å². The van der Waals surface area contributed by atoms with Gasteiger partial charge >= 0.3 is 5.97 Å². The smallest absolute Gasteiger partial charge is 0.332 e. The third-order valence-electron chi connectivity index (χ3n) is 2.44. The molecular formula is C7H10O3. The van der Waals surface area contributed by atoms with E-state index in [2.05, 4.69) is 0 Å². The predicted molar refractivity (Wildman–Crippen MR) is 33.7 cm³/mol. The summed E-state index contributed by atoms with van der Waals surface area (Å²) in [4.78, 5) is 10.4. The summed E-state index contributed by atoms with van der Waals surface area (Å²) in [6, 6.07) is 0. The molecule has 1 saturated heterocycles. The first-order valence-corrected chi connectivity index (χ1v) is 3.56. The minimum atomic E-state index is -0.802. The van der Waals surface area contributed by atoms with Crippen LogP contribution in [0.5, 0.6) is 0 Å². The van der Waals surface area contributed by atoms with E-state index in [1.807, 2.05) is 0 Å². The molecule has 1 aliphatic heterocycles. The summed E-state index contributed by atoms with van der Waals surface area (Å²) in [5, 5.41) is 8.55. The molecular weight excluding hydrogens is 132 g/mol. The molecule has 3 heteroatoms. The molecule has 10 heavy (non-hydrogen) atoms. The van der Waals surface area contributed by atoms with E-state index in [1.165, 1.54) is 0 Å². The molecule has 1 atom stereocenters. The fraction of sp³-hybridized carbons (Fsp3) is 0.857. The van der Waals surface area contributed by atoms with Crippen molar-refractivity contribution in [2.45, 2.75) is 25.4 Å². The topological polar surface area (TPSA) is 46.5 Å². The molecule has 0 aromatic carbocycles. The summed E-state index contributed by atoms with van der Waals surface area (Å²) in [6.07, 6.45) is 2.55. The van der Waals surface area contributed by atoms with Gasteiger partial charge in [0.1, 0.15) is 0 Å². The van der Waals surface area contributed by atoms with Crippen LogP contribution in [0, 0.1) is 5.41 Å². The van der Waals surface area contributed by atoms with Crippen molar-refractivity contribution in [1.82, 2.24) is 0 Å². The maximum Gasteiger partial charge on any atom is 0.332 e. The van der Waals surface area contributed by atoms with E-state index in [9.17, 15) is 4.79 Å². The average molecular weight is 142 g/mol. The molecule has 0 radical (unpaired) electrons. The standard InChI is InChI=1S/C7H10O3/c8-6(9)5-3-7(1-2-7)4-10-5/h5H,1-4H2,(H,8,9)/t5-/m0/s1. The van der Waals surface area contributed by atoms with Crippen LogP contribution < -0.4 is 0 Å². The molecule has 2 aliphatic rings. The Morgan fingerprint density at radius 2 is 2.30 bits per heavy atom. The number of carboxylic acid groups (broad SMARTS) is 1. The monoisotopic (exact) mass is 142 g/mol. The second-order valence-corrected chi connectivity index (χ2v) is 3.34. The van der Waals surface area contributed by atoms with Crippen molar-refractivity contribution in [3.8, 4) is 0 Å². The number of carbonyl (C=O) groups is 1. The Kier molecular flexibility index (Phi) is 1.06. The highest BCUT2D eigenvalue weighted by Gasteiger charge is 2.51. The maximum atomic E-state index is 10.4. The van der Waals surface area contributed by atoms with Gasteiger partial charge in [-0.15, -0.1) is 0 Å². The van der Waals surface area contributed by atoms with Gasteiger partial charge in [0.05, 0.1) is 6.61 Å². The lowest BCUT2D eigenvalue weighted by molar-refractivity contribution is -0.147. The van der Waals surface area contributed by atoms with Crippen LogP contribution in [0.2, 0.25) is 0 Å². The number of hydrogen-bond acceptors (Lipinski definition) is 2. The van der Waals surface area contributed by atoms with Gasteiger partial charge in [-0.1, -0.05) is 0 Å². The first kappa shape index (κ1) is 6.16. The number of rotatable bonds is 1. The van der Waals surface area contributed by atoms with E-state index in [1.54, 1.807) is 0 Å². The van der Waals surface area contributed by atoms with Gasteiger partial charge in [0.2, 0.25) is 0 Å².